The van der Waals surface area contributed by atoms with Gasteiger partial charge in [-0.25, -0.2) is 0 Å². The van der Waals surface area contributed by atoms with E-state index >= 15 is 0 Å². The lowest BCUT2D eigenvalue weighted by Gasteiger charge is -2.03. The van der Waals surface area contributed by atoms with E-state index in [-0.39, 0.29) is 5.78 Å². The van der Waals surface area contributed by atoms with E-state index in [1.165, 1.54) is 0 Å². The van der Waals surface area contributed by atoms with Crippen LogP contribution in [0.25, 0.3) is 10.9 Å². The van der Waals surface area contributed by atoms with Crippen molar-refractivity contribution in [1.29, 1.82) is 0 Å². The van der Waals surface area contributed by atoms with E-state index in [2.05, 4.69) is 25.9 Å². The highest BCUT2D eigenvalue weighted by Crippen LogP contribution is 2.19. The molecule has 0 aliphatic rings. The number of hydrogen-bond acceptors (Lipinski definition) is 3. The third-order valence-electron chi connectivity index (χ3n) is 3.03. The maximum Gasteiger partial charge on any atom is 0.185 e. The minimum absolute atomic E-state index is 0.0212. The molecule has 0 radical (unpaired) electrons. The molecule has 2 aromatic heterocycles. The number of benzene rings is 1. The average molecular weight is 327 g/mol. The smallest absolute Gasteiger partial charge is 0.185 e. The van der Waals surface area contributed by atoms with Gasteiger partial charge in [0.2, 0.25) is 0 Å². The first-order valence-electron chi connectivity index (χ1n) is 6.21. The number of rotatable bonds is 3. The molecule has 3 nitrogen and oxygen atoms in total. The van der Waals surface area contributed by atoms with E-state index in [1.54, 1.807) is 24.5 Å². The van der Waals surface area contributed by atoms with Crippen molar-refractivity contribution in [2.24, 2.45) is 0 Å². The Kier molecular flexibility index (Phi) is 3.56. The van der Waals surface area contributed by atoms with E-state index < -0.39 is 0 Å². The molecule has 98 valence electrons. The van der Waals surface area contributed by atoms with Gasteiger partial charge in [0, 0.05) is 28.7 Å². The Morgan fingerprint density at radius 1 is 1.10 bits per heavy atom. The van der Waals surface area contributed by atoms with Crippen molar-refractivity contribution in [3.63, 3.8) is 0 Å². The predicted octanol–water partition coefficient (Wildman–Crippen LogP) is 3.82. The van der Waals surface area contributed by atoms with Crippen LogP contribution in [-0.2, 0) is 6.42 Å². The van der Waals surface area contributed by atoms with Gasteiger partial charge in [-0.15, -0.1) is 0 Å². The Morgan fingerprint density at radius 3 is 2.80 bits per heavy atom. The lowest BCUT2D eigenvalue weighted by Crippen LogP contribution is -2.05. The Balaban J connectivity index is 1.89. The Morgan fingerprint density at radius 2 is 2.00 bits per heavy atom. The quantitative estimate of drug-likeness (QED) is 0.687. The van der Waals surface area contributed by atoms with Crippen molar-refractivity contribution in [2.45, 2.75) is 6.42 Å². The minimum atomic E-state index is 0.0212. The zero-order valence-electron chi connectivity index (χ0n) is 10.6. The molecule has 0 saturated carbocycles. The van der Waals surface area contributed by atoms with Crippen LogP contribution < -0.4 is 0 Å². The molecule has 0 saturated heterocycles. The van der Waals surface area contributed by atoms with Gasteiger partial charge in [-0.1, -0.05) is 12.1 Å². The van der Waals surface area contributed by atoms with E-state index in [9.17, 15) is 4.79 Å². The van der Waals surface area contributed by atoms with Crippen molar-refractivity contribution in [3.05, 3.63) is 70.6 Å². The summed E-state index contributed by atoms with van der Waals surface area (Å²) >= 11 is 3.41. The Labute approximate surface area is 124 Å². The van der Waals surface area contributed by atoms with Gasteiger partial charge in [0.15, 0.2) is 5.78 Å². The van der Waals surface area contributed by atoms with Crippen molar-refractivity contribution in [3.8, 4) is 0 Å². The van der Waals surface area contributed by atoms with Crippen LogP contribution in [0.15, 0.2) is 59.3 Å². The molecule has 0 unspecified atom stereocenters. The highest BCUT2D eigenvalue weighted by Gasteiger charge is 2.08. The summed E-state index contributed by atoms with van der Waals surface area (Å²) in [7, 11) is 0. The van der Waals surface area contributed by atoms with Gasteiger partial charge >= 0.3 is 0 Å². The number of ketones is 1. The van der Waals surface area contributed by atoms with Gasteiger partial charge in [-0.3, -0.25) is 14.8 Å². The van der Waals surface area contributed by atoms with Crippen molar-refractivity contribution in [2.75, 3.05) is 0 Å². The van der Waals surface area contributed by atoms with E-state index in [0.717, 1.165) is 20.9 Å². The van der Waals surface area contributed by atoms with Gasteiger partial charge in [0.1, 0.15) is 5.69 Å². The van der Waals surface area contributed by atoms with E-state index in [1.807, 2.05) is 30.3 Å². The summed E-state index contributed by atoms with van der Waals surface area (Å²) in [5.74, 6) is 0.0212. The van der Waals surface area contributed by atoms with Crippen LogP contribution >= 0.6 is 15.9 Å². The fourth-order valence-corrected chi connectivity index (χ4v) is 2.42. The molecule has 4 heteroatoms. The summed E-state index contributed by atoms with van der Waals surface area (Å²) in [4.78, 5) is 20.5. The molecule has 0 spiro atoms. The van der Waals surface area contributed by atoms with Crippen LogP contribution in [0.4, 0.5) is 0 Å². The molecule has 0 fully saturated rings. The number of carbonyl (C=O) groups is 1. The fourth-order valence-electron chi connectivity index (χ4n) is 2.07. The maximum absolute atomic E-state index is 12.1. The molecule has 3 rings (SSSR count). The summed E-state index contributed by atoms with van der Waals surface area (Å²) in [6.07, 6.45) is 3.75. The number of nitrogens with zero attached hydrogens (tertiary/aromatic N) is 2. The van der Waals surface area contributed by atoms with Gasteiger partial charge in [-0.05, 0) is 51.8 Å². The highest BCUT2D eigenvalue weighted by molar-refractivity contribution is 9.10. The summed E-state index contributed by atoms with van der Waals surface area (Å²) < 4.78 is 0.929. The SMILES string of the molecule is O=C(Cc1ccc2ncc(Br)cc2c1)c1ccccn1. The van der Waals surface area contributed by atoms with Crippen molar-refractivity contribution in [1.82, 2.24) is 9.97 Å². The predicted molar refractivity (Wildman–Crippen MR) is 81.7 cm³/mol. The van der Waals surface area contributed by atoms with Crippen LogP contribution in [0.5, 0.6) is 0 Å². The molecular weight excluding hydrogens is 316 g/mol. The Bertz CT molecular complexity index is 772. The molecule has 20 heavy (non-hydrogen) atoms. The number of pyridine rings is 2. The fraction of sp³-hybridized carbons (Fsp3) is 0.0625. The summed E-state index contributed by atoms with van der Waals surface area (Å²) in [6.45, 7) is 0. The number of hydrogen-bond donors (Lipinski definition) is 0. The lowest BCUT2D eigenvalue weighted by molar-refractivity contribution is 0.0988. The first kappa shape index (κ1) is 12.9. The molecular formula is C16H11BrN2O. The summed E-state index contributed by atoms with van der Waals surface area (Å²) in [5.41, 5.74) is 2.38. The zero-order chi connectivity index (χ0) is 13.9. The van der Waals surface area contributed by atoms with Gasteiger partial charge in [-0.2, -0.15) is 0 Å². The second-order valence-electron chi connectivity index (χ2n) is 4.50. The molecule has 0 aliphatic heterocycles. The molecule has 0 aliphatic carbocycles. The molecule has 1 aromatic carbocycles. The number of carbonyl (C=O) groups excluding carboxylic acids is 1. The molecule has 0 amide bonds. The third kappa shape index (κ3) is 2.75. The zero-order valence-corrected chi connectivity index (χ0v) is 12.2. The normalized spacial score (nSPS) is 10.7. The molecule has 0 N–H and O–H groups in total. The summed E-state index contributed by atoms with van der Waals surface area (Å²) in [6, 6.07) is 13.2. The summed E-state index contributed by atoms with van der Waals surface area (Å²) in [5, 5.41) is 1.02. The first-order valence-corrected chi connectivity index (χ1v) is 7.00. The monoisotopic (exact) mass is 326 g/mol. The van der Waals surface area contributed by atoms with Crippen LogP contribution in [0.2, 0.25) is 0 Å². The maximum atomic E-state index is 12.1. The largest absolute Gasteiger partial charge is 0.292 e. The number of Topliss-reactive ketones (excluding diaryl/α,β-unsaturated/α-hetero) is 1. The average Bonchev–Trinajstić information content (AvgIpc) is 2.47. The van der Waals surface area contributed by atoms with Crippen molar-refractivity contribution < 1.29 is 4.79 Å². The minimum Gasteiger partial charge on any atom is -0.292 e. The van der Waals surface area contributed by atoms with Crippen LogP contribution in [-0.4, -0.2) is 15.8 Å². The lowest BCUT2D eigenvalue weighted by atomic mass is 10.0. The number of aromatic nitrogens is 2. The molecule has 2 heterocycles. The van der Waals surface area contributed by atoms with E-state index in [4.69, 9.17) is 0 Å². The first-order chi connectivity index (χ1) is 9.72. The van der Waals surface area contributed by atoms with Crippen LogP contribution in [0, 0.1) is 0 Å². The Hall–Kier alpha value is -2.07. The van der Waals surface area contributed by atoms with Gasteiger partial charge in [0.25, 0.3) is 0 Å². The molecule has 0 bridgehead atoms. The van der Waals surface area contributed by atoms with Gasteiger partial charge in [0.05, 0.1) is 5.52 Å². The second kappa shape index (κ2) is 5.51. The molecule has 0 atom stereocenters. The standard InChI is InChI=1S/C16H11BrN2O/c17-13-9-12-7-11(4-5-14(12)19-10-13)8-16(20)15-3-1-2-6-18-15/h1-7,9-10H,8H2. The third-order valence-corrected chi connectivity index (χ3v) is 3.46. The van der Waals surface area contributed by atoms with E-state index in [0.29, 0.717) is 12.1 Å². The topological polar surface area (TPSA) is 42.9 Å². The van der Waals surface area contributed by atoms with Gasteiger partial charge < -0.3 is 0 Å². The number of halogens is 1. The molecule has 3 aromatic rings. The highest BCUT2D eigenvalue weighted by atomic mass is 79.9. The second-order valence-corrected chi connectivity index (χ2v) is 5.41. The van der Waals surface area contributed by atoms with Crippen molar-refractivity contribution >= 4 is 32.6 Å². The van der Waals surface area contributed by atoms with Crippen LogP contribution in [0.1, 0.15) is 16.1 Å². The number of fused-ring (bicyclic) bond motifs is 1. The van der Waals surface area contributed by atoms with Crippen LogP contribution in [0.3, 0.4) is 0 Å².